The van der Waals surface area contributed by atoms with Crippen LogP contribution in [0.15, 0.2) is 65.8 Å². The molecule has 3 aromatic carbocycles. The maximum absolute atomic E-state index is 14.0. The topological polar surface area (TPSA) is 158 Å². The molecule has 1 aromatic heterocycles. The van der Waals surface area contributed by atoms with Gasteiger partial charge in [-0.3, -0.25) is 14.6 Å². The number of methoxy groups -OCH3 is 2. The highest BCUT2D eigenvalue weighted by Gasteiger charge is 2.51. The number of likely N-dealkylation sites (tertiary alicyclic amines) is 2. The first-order valence-electron chi connectivity index (χ1n) is 20.6. The monoisotopic (exact) mass is 787 g/mol. The van der Waals surface area contributed by atoms with Crippen LogP contribution in [0.1, 0.15) is 77.2 Å². The van der Waals surface area contributed by atoms with E-state index in [9.17, 15) is 19.2 Å². The largest absolute Gasteiger partial charge is 0.453 e. The molecular formula is C45H53N7O6. The van der Waals surface area contributed by atoms with Gasteiger partial charge in [-0.1, -0.05) is 58.0 Å². The zero-order chi connectivity index (χ0) is 40.8. The Hall–Kier alpha value is -5.72. The molecule has 1 aliphatic carbocycles. The first-order valence-corrected chi connectivity index (χ1v) is 20.6. The number of amides is 4. The second kappa shape index (κ2) is 15.9. The molecule has 0 spiro atoms. The Kier molecular flexibility index (Phi) is 10.7. The molecule has 3 fully saturated rings. The quantitative estimate of drug-likeness (QED) is 0.152. The number of fused-ring (bicyclic) bond motifs is 4. The first kappa shape index (κ1) is 39.1. The number of benzene rings is 3. The minimum atomic E-state index is -0.682. The third kappa shape index (κ3) is 7.31. The van der Waals surface area contributed by atoms with Crippen molar-refractivity contribution in [3.05, 3.63) is 72.2 Å². The van der Waals surface area contributed by atoms with Crippen molar-refractivity contribution in [2.24, 2.45) is 22.7 Å². The van der Waals surface area contributed by atoms with Gasteiger partial charge in [-0.15, -0.1) is 0 Å². The van der Waals surface area contributed by atoms with Gasteiger partial charge in [0, 0.05) is 30.3 Å². The molecule has 13 heteroatoms. The fourth-order valence-corrected chi connectivity index (χ4v) is 9.60. The van der Waals surface area contributed by atoms with Crippen LogP contribution >= 0.6 is 0 Å². The summed E-state index contributed by atoms with van der Waals surface area (Å²) in [5.41, 5.74) is 7.17. The lowest BCUT2D eigenvalue weighted by molar-refractivity contribution is -0.139. The van der Waals surface area contributed by atoms with Crippen molar-refractivity contribution in [2.45, 2.75) is 96.4 Å². The van der Waals surface area contributed by atoms with E-state index in [-0.39, 0.29) is 41.8 Å². The van der Waals surface area contributed by atoms with Crippen molar-refractivity contribution >= 4 is 46.2 Å². The summed E-state index contributed by atoms with van der Waals surface area (Å²) in [5, 5.41) is 7.71. The van der Waals surface area contributed by atoms with Crippen LogP contribution in [0.25, 0.3) is 33.2 Å². The minimum absolute atomic E-state index is 0.0884. The van der Waals surface area contributed by atoms with Gasteiger partial charge in [0.1, 0.15) is 17.9 Å². The van der Waals surface area contributed by atoms with E-state index < -0.39 is 24.3 Å². The number of aliphatic imine (C=N–C) groups is 1. The summed E-state index contributed by atoms with van der Waals surface area (Å²) in [6.07, 6.45) is 5.97. The molecule has 6 atom stereocenters. The van der Waals surface area contributed by atoms with E-state index in [0.29, 0.717) is 18.9 Å². The van der Waals surface area contributed by atoms with Gasteiger partial charge in [0.05, 0.1) is 43.9 Å². The number of imidazole rings is 1. The molecule has 4 aliphatic rings. The third-order valence-electron chi connectivity index (χ3n) is 12.6. The molecule has 1 saturated carbocycles. The van der Waals surface area contributed by atoms with Gasteiger partial charge in [-0.05, 0) is 102 Å². The number of hydrogen-bond acceptors (Lipinski definition) is 8. The number of carbonyl (C=O) groups excluding carboxylic acids is 4. The second-order valence-electron chi connectivity index (χ2n) is 16.9. The predicted octanol–water partition coefficient (Wildman–Crippen LogP) is 7.33. The number of aromatic nitrogens is 2. The average molecular weight is 788 g/mol. The van der Waals surface area contributed by atoms with Gasteiger partial charge in [-0.25, -0.2) is 14.6 Å². The third-order valence-corrected chi connectivity index (χ3v) is 12.6. The summed E-state index contributed by atoms with van der Waals surface area (Å²) in [7, 11) is 2.61. The number of rotatable bonds is 10. The van der Waals surface area contributed by atoms with Crippen molar-refractivity contribution in [2.75, 3.05) is 20.8 Å². The molecule has 8 rings (SSSR count). The van der Waals surface area contributed by atoms with Crippen molar-refractivity contribution in [1.29, 1.82) is 0 Å². The number of nitrogens with one attached hydrogen (secondary N) is 3. The summed E-state index contributed by atoms with van der Waals surface area (Å²) in [4.78, 5) is 69.1. The number of aromatic amines is 1. The van der Waals surface area contributed by atoms with Crippen LogP contribution in [-0.4, -0.2) is 94.4 Å². The Labute approximate surface area is 339 Å². The molecule has 2 bridgehead atoms. The Morgan fingerprint density at radius 1 is 0.793 bits per heavy atom. The van der Waals surface area contributed by atoms with E-state index in [1.54, 1.807) is 0 Å². The first-order chi connectivity index (χ1) is 27.9. The number of hydrogen-bond donors (Lipinski definition) is 3. The van der Waals surface area contributed by atoms with E-state index in [1.165, 1.54) is 14.2 Å². The van der Waals surface area contributed by atoms with Crippen LogP contribution in [-0.2, 0) is 25.5 Å². The van der Waals surface area contributed by atoms with Crippen LogP contribution in [0.5, 0.6) is 0 Å². The molecule has 3 aliphatic heterocycles. The van der Waals surface area contributed by atoms with Crippen LogP contribution in [0.2, 0.25) is 0 Å². The van der Waals surface area contributed by atoms with Crippen LogP contribution in [0.3, 0.4) is 0 Å². The standard InChI is InChI=1S/C45H53N7O6/c1-24(2)38(49-44(55)57-5)42(53)51-17-7-8-37(51)35-22-32-20-29(14-16-34(32)47-35)26-9-10-28-19-30(12-11-27(28)18-26)36-23-46-41(48-36)40-31-13-15-33(21-31)52(40)43(54)39(25(3)4)50-45(56)58-6/h9-12,14,16,18-20,23-25,31,33,37-40H,7-8,13,15,17,21-22H2,1-6H3,(H,46,48)(H,49,55)(H,50,56)/t31-,33+,37-,38-,39-,40-/m0/s1. The highest BCUT2D eigenvalue weighted by Crippen LogP contribution is 2.50. The fraction of sp³-hybridized carbons (Fsp3) is 0.467. The molecule has 4 heterocycles. The Morgan fingerprint density at radius 2 is 1.43 bits per heavy atom. The Balaban J connectivity index is 0.969. The van der Waals surface area contributed by atoms with Gasteiger partial charge in [-0.2, -0.15) is 0 Å². The summed E-state index contributed by atoms with van der Waals surface area (Å²) in [6, 6.07) is 17.8. The molecule has 3 N–H and O–H groups in total. The van der Waals surface area contributed by atoms with Gasteiger partial charge >= 0.3 is 12.2 Å². The SMILES string of the molecule is COC(=O)N[C@H](C(=O)N1CCC[C@H]1C1=Nc2ccc(-c3ccc4cc(-c5cnc([C@@H]6[C@H]7CC[C@H](C7)N6C(=O)[C@@H](NC(=O)OC)C(C)C)[nH]5)ccc4c3)cc2C1)C(C)C. The predicted molar refractivity (Wildman–Crippen MR) is 222 cm³/mol. The zero-order valence-electron chi connectivity index (χ0n) is 34.1. The highest BCUT2D eigenvalue weighted by atomic mass is 16.5. The number of H-pyrrole nitrogens is 1. The minimum Gasteiger partial charge on any atom is -0.453 e. The van der Waals surface area contributed by atoms with E-state index >= 15 is 0 Å². The molecule has 0 unspecified atom stereocenters. The van der Waals surface area contributed by atoms with Crippen LogP contribution in [0, 0.1) is 17.8 Å². The average Bonchev–Trinajstić information content (AvgIpc) is 4.08. The number of carbonyl (C=O) groups is 4. The molecule has 13 nitrogen and oxygen atoms in total. The van der Waals surface area contributed by atoms with Gasteiger partial charge in [0.2, 0.25) is 11.8 Å². The smallest absolute Gasteiger partial charge is 0.407 e. The maximum atomic E-state index is 14.0. The van der Waals surface area contributed by atoms with Crippen LogP contribution < -0.4 is 10.6 Å². The number of piperidine rings is 1. The molecule has 4 aromatic rings. The Morgan fingerprint density at radius 3 is 2.12 bits per heavy atom. The Bertz CT molecular complexity index is 2280. The van der Waals surface area contributed by atoms with Gasteiger partial charge in [0.25, 0.3) is 0 Å². The van der Waals surface area contributed by atoms with Crippen LogP contribution in [0.4, 0.5) is 15.3 Å². The molecule has 4 amide bonds. The molecule has 304 valence electrons. The number of nitrogens with zero attached hydrogens (tertiary/aromatic N) is 4. The fourth-order valence-electron chi connectivity index (χ4n) is 9.60. The second-order valence-corrected chi connectivity index (χ2v) is 16.9. The normalized spacial score (nSPS) is 22.0. The number of alkyl carbamates (subject to hydrolysis) is 2. The van der Waals surface area contributed by atoms with Crippen molar-refractivity contribution in [3.8, 4) is 22.4 Å². The summed E-state index contributed by atoms with van der Waals surface area (Å²) in [6.45, 7) is 8.34. The van der Waals surface area contributed by atoms with E-state index in [2.05, 4.69) is 70.2 Å². The number of ether oxygens (including phenoxy) is 2. The van der Waals surface area contributed by atoms with Crippen molar-refractivity contribution in [3.63, 3.8) is 0 Å². The van der Waals surface area contributed by atoms with E-state index in [0.717, 1.165) is 88.0 Å². The van der Waals surface area contributed by atoms with E-state index in [4.69, 9.17) is 19.5 Å². The van der Waals surface area contributed by atoms with Crippen molar-refractivity contribution in [1.82, 2.24) is 30.4 Å². The molecule has 58 heavy (non-hydrogen) atoms. The molecule has 2 saturated heterocycles. The lowest BCUT2D eigenvalue weighted by Crippen LogP contribution is -2.54. The zero-order valence-corrected chi connectivity index (χ0v) is 34.1. The molecular weight excluding hydrogens is 735 g/mol. The lowest BCUT2D eigenvalue weighted by atomic mass is 9.95. The van der Waals surface area contributed by atoms with Gasteiger partial charge in [0.15, 0.2) is 0 Å². The summed E-state index contributed by atoms with van der Waals surface area (Å²) < 4.78 is 9.62. The lowest BCUT2D eigenvalue weighted by Gasteiger charge is -2.37. The molecule has 0 radical (unpaired) electrons. The van der Waals surface area contributed by atoms with Gasteiger partial charge < -0.3 is 34.9 Å². The van der Waals surface area contributed by atoms with Crippen molar-refractivity contribution < 1.29 is 28.7 Å². The van der Waals surface area contributed by atoms with E-state index in [1.807, 2.05) is 43.7 Å². The maximum Gasteiger partial charge on any atom is 0.407 e. The highest BCUT2D eigenvalue weighted by molar-refractivity contribution is 6.01. The summed E-state index contributed by atoms with van der Waals surface area (Å²) >= 11 is 0. The summed E-state index contributed by atoms with van der Waals surface area (Å²) in [5.74, 6) is 0.710.